The van der Waals surface area contributed by atoms with Crippen molar-refractivity contribution in [2.45, 2.75) is 13.5 Å². The molecule has 4 rings (SSSR count). The van der Waals surface area contributed by atoms with Gasteiger partial charge in [-0.3, -0.25) is 4.79 Å². The van der Waals surface area contributed by atoms with Crippen LogP contribution < -0.4 is 16.3 Å². The number of nitrogens with zero attached hydrogens (tertiary/aromatic N) is 4. The van der Waals surface area contributed by atoms with Crippen molar-refractivity contribution in [1.29, 1.82) is 0 Å². The fraction of sp³-hybridized carbons (Fsp3) is 0.100. The number of hydrogen-bond donors (Lipinski definition) is 2. The second-order valence-electron chi connectivity index (χ2n) is 6.28. The van der Waals surface area contributed by atoms with Gasteiger partial charge in [0.1, 0.15) is 12.4 Å². The first kappa shape index (κ1) is 17.5. The highest BCUT2D eigenvalue weighted by Gasteiger charge is 2.13. The zero-order valence-corrected chi connectivity index (χ0v) is 15.2. The van der Waals surface area contributed by atoms with E-state index in [0.29, 0.717) is 11.5 Å². The first-order valence-corrected chi connectivity index (χ1v) is 8.74. The second kappa shape index (κ2) is 7.36. The summed E-state index contributed by atoms with van der Waals surface area (Å²) in [6.07, 6.45) is 1.58. The van der Waals surface area contributed by atoms with Gasteiger partial charge in [-0.15, -0.1) is 5.10 Å². The number of aryl methyl sites for hydroxylation is 1. The van der Waals surface area contributed by atoms with E-state index in [4.69, 9.17) is 0 Å². The van der Waals surface area contributed by atoms with Crippen molar-refractivity contribution in [3.8, 4) is 0 Å². The highest BCUT2D eigenvalue weighted by molar-refractivity contribution is 5.91. The Morgan fingerprint density at radius 3 is 2.57 bits per heavy atom. The molecule has 8 nitrogen and oxygen atoms in total. The predicted molar refractivity (Wildman–Crippen MR) is 107 cm³/mol. The van der Waals surface area contributed by atoms with Crippen LogP contribution in [0.4, 0.5) is 17.2 Å². The molecule has 1 amide bonds. The molecule has 0 aliphatic heterocycles. The zero-order valence-electron chi connectivity index (χ0n) is 15.2. The molecule has 0 saturated carbocycles. The van der Waals surface area contributed by atoms with Gasteiger partial charge < -0.3 is 10.6 Å². The molecule has 2 aromatic carbocycles. The normalized spacial score (nSPS) is 10.8. The van der Waals surface area contributed by atoms with Gasteiger partial charge in [0, 0.05) is 17.6 Å². The number of hydrogen-bond acceptors (Lipinski definition) is 5. The van der Waals surface area contributed by atoms with Gasteiger partial charge in [-0.25, -0.2) is 13.9 Å². The largest absolute Gasteiger partial charge is 0.352 e. The van der Waals surface area contributed by atoms with Gasteiger partial charge in [0.15, 0.2) is 0 Å². The van der Waals surface area contributed by atoms with Gasteiger partial charge in [0.2, 0.25) is 5.91 Å². The average molecular weight is 374 g/mol. The third-order valence-corrected chi connectivity index (χ3v) is 4.21. The first-order valence-electron chi connectivity index (χ1n) is 8.74. The number of anilines is 3. The van der Waals surface area contributed by atoms with Crippen molar-refractivity contribution in [3.63, 3.8) is 0 Å². The van der Waals surface area contributed by atoms with E-state index in [1.165, 1.54) is 4.40 Å². The van der Waals surface area contributed by atoms with Crippen molar-refractivity contribution in [2.75, 3.05) is 10.6 Å². The third kappa shape index (κ3) is 3.61. The molecule has 0 radical (unpaired) electrons. The van der Waals surface area contributed by atoms with Crippen LogP contribution in [-0.4, -0.2) is 25.1 Å². The van der Waals surface area contributed by atoms with Crippen LogP contribution in [0.2, 0.25) is 0 Å². The van der Waals surface area contributed by atoms with Crippen LogP contribution in [0.15, 0.2) is 71.7 Å². The molecular weight excluding hydrogens is 356 g/mol. The van der Waals surface area contributed by atoms with Gasteiger partial charge in [-0.1, -0.05) is 36.4 Å². The Kier molecular flexibility index (Phi) is 4.59. The van der Waals surface area contributed by atoms with Crippen molar-refractivity contribution in [1.82, 2.24) is 19.2 Å². The molecule has 2 aromatic heterocycles. The molecule has 0 atom stereocenters. The summed E-state index contributed by atoms with van der Waals surface area (Å²) in [5, 5.41) is 10.1. The highest BCUT2D eigenvalue weighted by atomic mass is 16.2. The Bertz CT molecular complexity index is 1200. The molecule has 140 valence electrons. The lowest BCUT2D eigenvalue weighted by Gasteiger charge is -2.07. The van der Waals surface area contributed by atoms with Gasteiger partial charge >= 0.3 is 5.69 Å². The summed E-state index contributed by atoms with van der Waals surface area (Å²) in [7, 11) is 0. The highest BCUT2D eigenvalue weighted by Crippen LogP contribution is 2.14. The van der Waals surface area contributed by atoms with Crippen molar-refractivity contribution in [3.05, 3.63) is 82.9 Å². The van der Waals surface area contributed by atoms with Crippen LogP contribution in [0.25, 0.3) is 5.78 Å². The molecule has 8 heteroatoms. The predicted octanol–water partition coefficient (Wildman–Crippen LogP) is 2.58. The SMILES string of the molecule is Cc1ccccc1NC(=O)Cn1nc2nc(Nc3ccccc3)ccn2c1=O. The molecule has 0 aliphatic rings. The number of amides is 1. The summed E-state index contributed by atoms with van der Waals surface area (Å²) in [5.74, 6) is 0.442. The maximum atomic E-state index is 12.5. The number of aromatic nitrogens is 4. The first-order chi connectivity index (χ1) is 13.6. The summed E-state index contributed by atoms with van der Waals surface area (Å²) < 4.78 is 2.40. The van der Waals surface area contributed by atoms with Crippen LogP contribution in [0.3, 0.4) is 0 Å². The second-order valence-corrected chi connectivity index (χ2v) is 6.28. The number of nitrogens with one attached hydrogen (secondary N) is 2. The van der Waals surface area contributed by atoms with E-state index in [0.717, 1.165) is 15.9 Å². The maximum absolute atomic E-state index is 12.5. The monoisotopic (exact) mass is 374 g/mol. The summed E-state index contributed by atoms with van der Waals surface area (Å²) in [5.41, 5.74) is 2.10. The van der Waals surface area contributed by atoms with E-state index in [2.05, 4.69) is 20.7 Å². The number of benzene rings is 2. The van der Waals surface area contributed by atoms with Gasteiger partial charge in [0.05, 0.1) is 0 Å². The number of fused-ring (bicyclic) bond motifs is 1. The summed E-state index contributed by atoms with van der Waals surface area (Å²) in [6, 6.07) is 18.7. The average Bonchev–Trinajstić information content (AvgIpc) is 2.99. The molecule has 0 aliphatic carbocycles. The Hall–Kier alpha value is -3.94. The minimum Gasteiger partial charge on any atom is -0.340 e. The minimum atomic E-state index is -0.423. The zero-order chi connectivity index (χ0) is 19.5. The quantitative estimate of drug-likeness (QED) is 0.560. The Morgan fingerprint density at radius 1 is 1.04 bits per heavy atom. The molecule has 0 saturated heterocycles. The van der Waals surface area contributed by atoms with Crippen molar-refractivity contribution in [2.24, 2.45) is 0 Å². The van der Waals surface area contributed by atoms with E-state index in [9.17, 15) is 9.59 Å². The van der Waals surface area contributed by atoms with E-state index < -0.39 is 5.69 Å². The van der Waals surface area contributed by atoms with E-state index in [1.807, 2.05) is 61.5 Å². The lowest BCUT2D eigenvalue weighted by atomic mass is 10.2. The summed E-state index contributed by atoms with van der Waals surface area (Å²) >= 11 is 0. The van der Waals surface area contributed by atoms with E-state index >= 15 is 0 Å². The summed E-state index contributed by atoms with van der Waals surface area (Å²) in [6.45, 7) is 1.70. The molecular formula is C20H18N6O2. The molecule has 0 unspecified atom stereocenters. The minimum absolute atomic E-state index is 0.196. The molecule has 0 spiro atoms. The smallest absolute Gasteiger partial charge is 0.340 e. The fourth-order valence-corrected chi connectivity index (χ4v) is 2.79. The molecule has 0 bridgehead atoms. The van der Waals surface area contributed by atoms with Crippen molar-refractivity contribution < 1.29 is 4.79 Å². The Morgan fingerprint density at radius 2 is 1.79 bits per heavy atom. The Balaban J connectivity index is 1.54. The summed E-state index contributed by atoms with van der Waals surface area (Å²) in [4.78, 5) is 29.1. The lowest BCUT2D eigenvalue weighted by molar-refractivity contribution is -0.117. The van der Waals surface area contributed by atoms with Crippen LogP contribution in [0, 0.1) is 6.92 Å². The fourth-order valence-electron chi connectivity index (χ4n) is 2.79. The van der Waals surface area contributed by atoms with Gasteiger partial charge in [-0.05, 0) is 36.8 Å². The number of carbonyl (C=O) groups excluding carboxylic acids is 1. The van der Waals surface area contributed by atoms with E-state index in [-0.39, 0.29) is 18.2 Å². The number of para-hydroxylation sites is 2. The van der Waals surface area contributed by atoms with Crippen LogP contribution >= 0.6 is 0 Å². The van der Waals surface area contributed by atoms with Crippen molar-refractivity contribution >= 4 is 28.9 Å². The van der Waals surface area contributed by atoms with Crippen LogP contribution in [-0.2, 0) is 11.3 Å². The van der Waals surface area contributed by atoms with Crippen LogP contribution in [0.5, 0.6) is 0 Å². The molecule has 2 heterocycles. The Labute approximate surface area is 160 Å². The number of rotatable bonds is 5. The molecule has 0 fully saturated rings. The standard InChI is InChI=1S/C20H18N6O2/c1-14-7-5-6-10-16(14)22-18(27)13-26-20(28)25-12-11-17(23-19(25)24-26)21-15-8-3-2-4-9-15/h2-12H,13H2,1H3,(H,22,27)(H,21,23,24). The van der Waals surface area contributed by atoms with E-state index in [1.54, 1.807) is 12.3 Å². The van der Waals surface area contributed by atoms with Gasteiger partial charge in [0.25, 0.3) is 5.78 Å². The molecule has 2 N–H and O–H groups in total. The number of carbonyl (C=O) groups is 1. The molecule has 28 heavy (non-hydrogen) atoms. The van der Waals surface area contributed by atoms with Gasteiger partial charge in [-0.2, -0.15) is 4.98 Å². The lowest BCUT2D eigenvalue weighted by Crippen LogP contribution is -2.28. The molecule has 4 aromatic rings. The topological polar surface area (TPSA) is 93.3 Å². The maximum Gasteiger partial charge on any atom is 0.352 e. The third-order valence-electron chi connectivity index (χ3n) is 4.21. The van der Waals surface area contributed by atoms with Crippen LogP contribution in [0.1, 0.15) is 5.56 Å².